The average Bonchev–Trinajstić information content (AvgIpc) is 3.21. The molecule has 3 aromatic rings. The number of imidazole rings is 1. The van der Waals surface area contributed by atoms with Crippen molar-refractivity contribution in [3.8, 4) is 5.69 Å². The van der Waals surface area contributed by atoms with Crippen LogP contribution in [0.15, 0.2) is 61.2 Å². The fraction of sp³-hybridized carbons (Fsp3) is 0.318. The quantitative estimate of drug-likeness (QED) is 0.740. The second-order valence-corrected chi connectivity index (χ2v) is 6.97. The first-order valence-corrected chi connectivity index (χ1v) is 9.22. The van der Waals surface area contributed by atoms with Gasteiger partial charge in [-0.15, -0.1) is 0 Å². The van der Waals surface area contributed by atoms with Gasteiger partial charge >= 0.3 is 0 Å². The van der Waals surface area contributed by atoms with Gasteiger partial charge in [0, 0.05) is 30.7 Å². The van der Waals surface area contributed by atoms with Crippen molar-refractivity contribution >= 4 is 0 Å². The third-order valence-electron chi connectivity index (χ3n) is 5.22. The molecule has 0 radical (unpaired) electrons. The maximum absolute atomic E-state index is 4.10. The third-order valence-corrected chi connectivity index (χ3v) is 5.22. The Morgan fingerprint density at radius 2 is 1.84 bits per heavy atom. The maximum atomic E-state index is 4.10. The molecule has 3 heteroatoms. The van der Waals surface area contributed by atoms with E-state index in [1.807, 2.05) is 17.1 Å². The van der Waals surface area contributed by atoms with Crippen LogP contribution in [0.5, 0.6) is 0 Å². The molecular weight excluding hydrogens is 306 g/mol. The van der Waals surface area contributed by atoms with E-state index < -0.39 is 0 Å². The fourth-order valence-corrected chi connectivity index (χ4v) is 3.61. The Morgan fingerprint density at radius 3 is 2.60 bits per heavy atom. The van der Waals surface area contributed by atoms with Crippen molar-refractivity contribution in [2.75, 3.05) is 0 Å². The van der Waals surface area contributed by atoms with Gasteiger partial charge in [-0.2, -0.15) is 0 Å². The second-order valence-electron chi connectivity index (χ2n) is 6.97. The first-order valence-electron chi connectivity index (χ1n) is 9.22. The van der Waals surface area contributed by atoms with Gasteiger partial charge in [-0.3, -0.25) is 0 Å². The normalized spacial score (nSPS) is 14.9. The standard InChI is InChI=1S/C22H25N3/c1-17(20-9-8-19-4-2-3-5-21(19)14-20)24-15-18-6-10-22(11-7-18)25-13-12-23-16-25/h6-14,16-17,24H,2-5,15H2,1H3. The summed E-state index contributed by atoms with van der Waals surface area (Å²) < 4.78 is 2.02. The van der Waals surface area contributed by atoms with Crippen molar-refractivity contribution in [3.63, 3.8) is 0 Å². The SMILES string of the molecule is CC(NCc1ccc(-n2ccnc2)cc1)c1ccc2c(c1)CCCC2. The zero-order chi connectivity index (χ0) is 17.1. The molecule has 1 N–H and O–H groups in total. The smallest absolute Gasteiger partial charge is 0.0991 e. The molecule has 1 atom stereocenters. The van der Waals surface area contributed by atoms with Gasteiger partial charge in [0.05, 0.1) is 6.33 Å². The van der Waals surface area contributed by atoms with Crippen LogP contribution in [0.4, 0.5) is 0 Å². The van der Waals surface area contributed by atoms with Crippen LogP contribution in [0.25, 0.3) is 5.69 Å². The summed E-state index contributed by atoms with van der Waals surface area (Å²) in [6.07, 6.45) is 10.8. The molecule has 0 saturated carbocycles. The molecule has 2 aromatic carbocycles. The number of aromatic nitrogens is 2. The number of nitrogens with one attached hydrogen (secondary N) is 1. The van der Waals surface area contributed by atoms with Gasteiger partial charge in [-0.05, 0) is 67.0 Å². The number of rotatable bonds is 5. The summed E-state index contributed by atoms with van der Waals surface area (Å²) in [4.78, 5) is 4.10. The van der Waals surface area contributed by atoms with Gasteiger partial charge in [0.15, 0.2) is 0 Å². The van der Waals surface area contributed by atoms with Crippen LogP contribution in [-0.4, -0.2) is 9.55 Å². The summed E-state index contributed by atoms with van der Waals surface area (Å²) in [5, 5.41) is 3.66. The van der Waals surface area contributed by atoms with Crippen LogP contribution in [-0.2, 0) is 19.4 Å². The maximum Gasteiger partial charge on any atom is 0.0991 e. The predicted octanol–water partition coefficient (Wildman–Crippen LogP) is 4.60. The molecule has 4 rings (SSSR count). The molecule has 128 valence electrons. The molecule has 0 aliphatic heterocycles. The summed E-state index contributed by atoms with van der Waals surface area (Å²) in [7, 11) is 0. The Balaban J connectivity index is 1.39. The lowest BCUT2D eigenvalue weighted by Crippen LogP contribution is -2.18. The zero-order valence-electron chi connectivity index (χ0n) is 14.8. The fourth-order valence-electron chi connectivity index (χ4n) is 3.61. The molecule has 0 saturated heterocycles. The number of aryl methyl sites for hydroxylation is 2. The van der Waals surface area contributed by atoms with Gasteiger partial charge in [-0.25, -0.2) is 4.98 Å². The van der Waals surface area contributed by atoms with E-state index in [1.54, 1.807) is 17.3 Å². The van der Waals surface area contributed by atoms with Gasteiger partial charge in [-0.1, -0.05) is 30.3 Å². The molecule has 0 spiro atoms. The number of hydrogen-bond acceptors (Lipinski definition) is 2. The van der Waals surface area contributed by atoms with E-state index in [2.05, 4.69) is 59.7 Å². The first kappa shape index (κ1) is 16.1. The minimum absolute atomic E-state index is 0.362. The topological polar surface area (TPSA) is 29.9 Å². The molecule has 1 aliphatic rings. The summed E-state index contributed by atoms with van der Waals surface area (Å²) in [6.45, 7) is 3.13. The van der Waals surface area contributed by atoms with Crippen molar-refractivity contribution < 1.29 is 0 Å². The number of hydrogen-bond donors (Lipinski definition) is 1. The molecule has 0 bridgehead atoms. The minimum atomic E-state index is 0.362. The Hall–Kier alpha value is -2.39. The summed E-state index contributed by atoms with van der Waals surface area (Å²) in [6, 6.07) is 16.1. The van der Waals surface area contributed by atoms with E-state index in [9.17, 15) is 0 Å². The lowest BCUT2D eigenvalue weighted by Gasteiger charge is -2.20. The van der Waals surface area contributed by atoms with Gasteiger partial charge in [0.1, 0.15) is 0 Å². The Labute approximate surface area is 149 Å². The average molecular weight is 331 g/mol. The monoisotopic (exact) mass is 331 g/mol. The first-order chi connectivity index (χ1) is 12.3. The highest BCUT2D eigenvalue weighted by Crippen LogP contribution is 2.25. The van der Waals surface area contributed by atoms with Gasteiger partial charge < -0.3 is 9.88 Å². The second kappa shape index (κ2) is 7.24. The molecule has 1 heterocycles. The molecule has 3 nitrogen and oxygen atoms in total. The molecule has 1 aromatic heterocycles. The molecule has 1 unspecified atom stereocenters. The minimum Gasteiger partial charge on any atom is -0.306 e. The van der Waals surface area contributed by atoms with Crippen molar-refractivity contribution in [2.45, 2.75) is 45.2 Å². The van der Waals surface area contributed by atoms with Crippen LogP contribution in [0.3, 0.4) is 0 Å². The van der Waals surface area contributed by atoms with E-state index in [1.165, 1.54) is 36.8 Å². The Bertz CT molecular complexity index is 819. The summed E-state index contributed by atoms with van der Waals surface area (Å²) in [5.41, 5.74) is 6.95. The van der Waals surface area contributed by atoms with E-state index >= 15 is 0 Å². The highest BCUT2D eigenvalue weighted by atomic mass is 15.0. The van der Waals surface area contributed by atoms with Crippen molar-refractivity contribution in [1.82, 2.24) is 14.9 Å². The lowest BCUT2D eigenvalue weighted by molar-refractivity contribution is 0.572. The molecule has 25 heavy (non-hydrogen) atoms. The molecule has 1 aliphatic carbocycles. The van der Waals surface area contributed by atoms with Crippen molar-refractivity contribution in [1.29, 1.82) is 0 Å². The van der Waals surface area contributed by atoms with Crippen LogP contribution in [0.1, 0.15) is 48.1 Å². The Morgan fingerprint density at radius 1 is 1.04 bits per heavy atom. The van der Waals surface area contributed by atoms with E-state index in [0.717, 1.165) is 12.2 Å². The van der Waals surface area contributed by atoms with Crippen LogP contribution < -0.4 is 5.32 Å². The molecular formula is C22H25N3. The van der Waals surface area contributed by atoms with Crippen molar-refractivity contribution in [2.24, 2.45) is 0 Å². The highest BCUT2D eigenvalue weighted by Gasteiger charge is 2.12. The largest absolute Gasteiger partial charge is 0.306 e. The number of nitrogens with zero attached hydrogens (tertiary/aromatic N) is 2. The lowest BCUT2D eigenvalue weighted by atomic mass is 9.89. The highest BCUT2D eigenvalue weighted by molar-refractivity contribution is 5.36. The van der Waals surface area contributed by atoms with Crippen LogP contribution in [0, 0.1) is 0 Å². The van der Waals surface area contributed by atoms with E-state index in [-0.39, 0.29) is 0 Å². The zero-order valence-corrected chi connectivity index (χ0v) is 14.8. The van der Waals surface area contributed by atoms with Gasteiger partial charge in [0.25, 0.3) is 0 Å². The van der Waals surface area contributed by atoms with Crippen molar-refractivity contribution in [3.05, 3.63) is 83.4 Å². The molecule has 0 fully saturated rings. The van der Waals surface area contributed by atoms with Crippen LogP contribution in [0.2, 0.25) is 0 Å². The Kier molecular flexibility index (Phi) is 4.66. The predicted molar refractivity (Wildman–Crippen MR) is 102 cm³/mol. The molecule has 0 amide bonds. The van der Waals surface area contributed by atoms with E-state index in [0.29, 0.717) is 6.04 Å². The van der Waals surface area contributed by atoms with Crippen LogP contribution >= 0.6 is 0 Å². The number of fused-ring (bicyclic) bond motifs is 1. The number of benzene rings is 2. The van der Waals surface area contributed by atoms with E-state index in [4.69, 9.17) is 0 Å². The third kappa shape index (κ3) is 3.67. The summed E-state index contributed by atoms with van der Waals surface area (Å²) >= 11 is 0. The van der Waals surface area contributed by atoms with Gasteiger partial charge in [0.2, 0.25) is 0 Å². The summed E-state index contributed by atoms with van der Waals surface area (Å²) in [5.74, 6) is 0.